The van der Waals surface area contributed by atoms with Crippen molar-refractivity contribution in [2.24, 2.45) is 0 Å². The summed E-state index contributed by atoms with van der Waals surface area (Å²) >= 11 is 0. The van der Waals surface area contributed by atoms with Gasteiger partial charge in [0, 0.05) is 11.4 Å². The molecule has 0 aliphatic rings. The van der Waals surface area contributed by atoms with E-state index in [2.05, 4.69) is 24.1 Å². The molecular formula is C21H26N2O3. The van der Waals surface area contributed by atoms with E-state index < -0.39 is 0 Å². The van der Waals surface area contributed by atoms with Crippen molar-refractivity contribution in [1.82, 2.24) is 0 Å². The first kappa shape index (κ1) is 19.4. The maximum atomic E-state index is 12.1. The van der Waals surface area contributed by atoms with Crippen molar-refractivity contribution < 1.29 is 14.3 Å². The fourth-order valence-electron chi connectivity index (χ4n) is 2.14. The summed E-state index contributed by atoms with van der Waals surface area (Å²) in [5.41, 5.74) is 1.59. The SMILES string of the molecule is C=CCOc1ccc(NCC(=O)Nc2ccc(OC(C)CC)cc2)cc1. The lowest BCUT2D eigenvalue weighted by atomic mass is 10.2. The second-order valence-electron chi connectivity index (χ2n) is 5.89. The van der Waals surface area contributed by atoms with Gasteiger partial charge in [-0.1, -0.05) is 19.6 Å². The van der Waals surface area contributed by atoms with Crippen molar-refractivity contribution in [1.29, 1.82) is 0 Å². The first-order valence-electron chi connectivity index (χ1n) is 8.75. The molecule has 26 heavy (non-hydrogen) atoms. The summed E-state index contributed by atoms with van der Waals surface area (Å²) < 4.78 is 11.1. The molecule has 0 heterocycles. The maximum Gasteiger partial charge on any atom is 0.243 e. The van der Waals surface area contributed by atoms with E-state index in [9.17, 15) is 4.79 Å². The summed E-state index contributed by atoms with van der Waals surface area (Å²) in [7, 11) is 0. The topological polar surface area (TPSA) is 59.6 Å². The van der Waals surface area contributed by atoms with Gasteiger partial charge in [0.15, 0.2) is 0 Å². The number of carbonyl (C=O) groups is 1. The van der Waals surface area contributed by atoms with Crippen LogP contribution in [0.5, 0.6) is 11.5 Å². The van der Waals surface area contributed by atoms with Crippen LogP contribution >= 0.6 is 0 Å². The fraction of sp³-hybridized carbons (Fsp3) is 0.286. The molecule has 0 aliphatic carbocycles. The van der Waals surface area contributed by atoms with Gasteiger partial charge in [0.05, 0.1) is 12.6 Å². The number of hydrogen-bond donors (Lipinski definition) is 2. The Labute approximate surface area is 155 Å². The van der Waals surface area contributed by atoms with Gasteiger partial charge in [0.25, 0.3) is 0 Å². The smallest absolute Gasteiger partial charge is 0.243 e. The average Bonchev–Trinajstić information content (AvgIpc) is 2.67. The molecule has 0 spiro atoms. The fourth-order valence-corrected chi connectivity index (χ4v) is 2.14. The van der Waals surface area contributed by atoms with E-state index in [-0.39, 0.29) is 18.6 Å². The highest BCUT2D eigenvalue weighted by Gasteiger charge is 2.04. The lowest BCUT2D eigenvalue weighted by Crippen LogP contribution is -2.21. The van der Waals surface area contributed by atoms with E-state index in [1.165, 1.54) is 0 Å². The normalized spacial score (nSPS) is 11.3. The van der Waals surface area contributed by atoms with E-state index >= 15 is 0 Å². The van der Waals surface area contributed by atoms with Crippen LogP contribution in [-0.4, -0.2) is 25.2 Å². The van der Waals surface area contributed by atoms with Gasteiger partial charge in [-0.2, -0.15) is 0 Å². The van der Waals surface area contributed by atoms with Crippen LogP contribution in [0, 0.1) is 0 Å². The minimum absolute atomic E-state index is 0.118. The Morgan fingerprint density at radius 1 is 1.08 bits per heavy atom. The van der Waals surface area contributed by atoms with E-state index in [1.54, 1.807) is 6.08 Å². The molecule has 138 valence electrons. The minimum atomic E-state index is -0.118. The molecule has 5 heteroatoms. The summed E-state index contributed by atoms with van der Waals surface area (Å²) in [6, 6.07) is 14.8. The molecular weight excluding hydrogens is 328 g/mol. The molecule has 5 nitrogen and oxygen atoms in total. The van der Waals surface area contributed by atoms with E-state index in [0.29, 0.717) is 6.61 Å². The number of nitrogens with one attached hydrogen (secondary N) is 2. The highest BCUT2D eigenvalue weighted by atomic mass is 16.5. The number of rotatable bonds is 10. The second kappa shape index (κ2) is 10.1. The predicted molar refractivity (Wildman–Crippen MR) is 106 cm³/mol. The molecule has 2 aromatic rings. The molecule has 0 radical (unpaired) electrons. The average molecular weight is 354 g/mol. The summed E-state index contributed by atoms with van der Waals surface area (Å²) in [5.74, 6) is 1.45. The van der Waals surface area contributed by atoms with Gasteiger partial charge in [-0.3, -0.25) is 4.79 Å². The third-order valence-electron chi connectivity index (χ3n) is 3.73. The second-order valence-corrected chi connectivity index (χ2v) is 5.89. The standard InChI is InChI=1S/C21H26N2O3/c1-4-14-25-19-10-6-17(7-11-19)22-15-21(24)23-18-8-12-20(13-9-18)26-16(3)5-2/h4,6-13,16,22H,1,5,14-15H2,2-3H3,(H,23,24). The van der Waals surface area contributed by atoms with Crippen LogP contribution < -0.4 is 20.1 Å². The summed E-state index contributed by atoms with van der Waals surface area (Å²) in [6.45, 7) is 8.36. The maximum absolute atomic E-state index is 12.1. The van der Waals surface area contributed by atoms with Gasteiger partial charge in [-0.05, 0) is 61.9 Å². The summed E-state index contributed by atoms with van der Waals surface area (Å²) in [5, 5.41) is 5.93. The first-order chi connectivity index (χ1) is 12.6. The van der Waals surface area contributed by atoms with Crippen LogP contribution in [0.3, 0.4) is 0 Å². The van der Waals surface area contributed by atoms with Crippen LogP contribution in [-0.2, 0) is 4.79 Å². The molecule has 0 bridgehead atoms. The molecule has 0 aliphatic heterocycles. The van der Waals surface area contributed by atoms with Crippen molar-refractivity contribution in [3.63, 3.8) is 0 Å². The lowest BCUT2D eigenvalue weighted by molar-refractivity contribution is -0.114. The van der Waals surface area contributed by atoms with Crippen molar-refractivity contribution in [3.8, 4) is 11.5 Å². The number of amides is 1. The van der Waals surface area contributed by atoms with Crippen LogP contribution in [0.4, 0.5) is 11.4 Å². The zero-order valence-corrected chi connectivity index (χ0v) is 15.3. The zero-order chi connectivity index (χ0) is 18.8. The molecule has 2 rings (SSSR count). The van der Waals surface area contributed by atoms with Gasteiger partial charge in [-0.15, -0.1) is 0 Å². The number of benzene rings is 2. The molecule has 1 atom stereocenters. The van der Waals surface area contributed by atoms with Crippen LogP contribution in [0.15, 0.2) is 61.2 Å². The first-order valence-corrected chi connectivity index (χ1v) is 8.75. The Kier molecular flexibility index (Phi) is 7.55. The quantitative estimate of drug-likeness (QED) is 0.618. The van der Waals surface area contributed by atoms with Crippen molar-refractivity contribution >= 4 is 17.3 Å². The summed E-state index contributed by atoms with van der Waals surface area (Å²) in [6.07, 6.45) is 2.82. The lowest BCUT2D eigenvalue weighted by Gasteiger charge is -2.13. The van der Waals surface area contributed by atoms with E-state index in [0.717, 1.165) is 29.3 Å². The summed E-state index contributed by atoms with van der Waals surface area (Å²) in [4.78, 5) is 12.1. The molecule has 1 unspecified atom stereocenters. The molecule has 0 saturated heterocycles. The minimum Gasteiger partial charge on any atom is -0.491 e. The molecule has 0 saturated carbocycles. The molecule has 0 aromatic heterocycles. The number of carbonyl (C=O) groups excluding carboxylic acids is 1. The van der Waals surface area contributed by atoms with Crippen LogP contribution in [0.1, 0.15) is 20.3 Å². The Hall–Kier alpha value is -2.95. The number of ether oxygens (including phenoxy) is 2. The van der Waals surface area contributed by atoms with Crippen LogP contribution in [0.25, 0.3) is 0 Å². The number of hydrogen-bond acceptors (Lipinski definition) is 4. The van der Waals surface area contributed by atoms with E-state index in [1.807, 2.05) is 55.5 Å². The van der Waals surface area contributed by atoms with E-state index in [4.69, 9.17) is 9.47 Å². The predicted octanol–water partition coefficient (Wildman–Crippen LogP) is 4.48. The molecule has 1 amide bonds. The Morgan fingerprint density at radius 2 is 1.69 bits per heavy atom. The van der Waals surface area contributed by atoms with Gasteiger partial charge >= 0.3 is 0 Å². The van der Waals surface area contributed by atoms with Gasteiger partial charge in [-0.25, -0.2) is 0 Å². The highest BCUT2D eigenvalue weighted by Crippen LogP contribution is 2.18. The van der Waals surface area contributed by atoms with Gasteiger partial charge in [0.1, 0.15) is 18.1 Å². The molecule has 2 aromatic carbocycles. The van der Waals surface area contributed by atoms with Crippen molar-refractivity contribution in [3.05, 3.63) is 61.2 Å². The molecule has 2 N–H and O–H groups in total. The van der Waals surface area contributed by atoms with Gasteiger partial charge < -0.3 is 20.1 Å². The Balaban J connectivity index is 1.78. The molecule has 0 fully saturated rings. The zero-order valence-electron chi connectivity index (χ0n) is 15.3. The monoisotopic (exact) mass is 354 g/mol. The van der Waals surface area contributed by atoms with Gasteiger partial charge in [0.2, 0.25) is 5.91 Å². The number of anilines is 2. The third-order valence-corrected chi connectivity index (χ3v) is 3.73. The Bertz CT molecular complexity index is 696. The van der Waals surface area contributed by atoms with Crippen molar-refractivity contribution in [2.45, 2.75) is 26.4 Å². The van der Waals surface area contributed by atoms with Crippen LogP contribution in [0.2, 0.25) is 0 Å². The highest BCUT2D eigenvalue weighted by molar-refractivity contribution is 5.93. The Morgan fingerprint density at radius 3 is 2.31 bits per heavy atom. The van der Waals surface area contributed by atoms with Crippen molar-refractivity contribution in [2.75, 3.05) is 23.8 Å². The third kappa shape index (κ3) is 6.51. The largest absolute Gasteiger partial charge is 0.491 e.